The number of nitrogens with zero attached hydrogens (tertiary/aromatic N) is 2. The molecule has 1 fully saturated rings. The molecule has 0 aromatic heterocycles. The van der Waals surface area contributed by atoms with Gasteiger partial charge in [-0.1, -0.05) is 23.7 Å². The van der Waals surface area contributed by atoms with Crippen molar-refractivity contribution in [2.75, 3.05) is 45.3 Å². The molecule has 0 spiro atoms. The lowest BCUT2D eigenvalue weighted by atomic mass is 10.1. The van der Waals surface area contributed by atoms with Crippen LogP contribution in [0.15, 0.2) is 42.5 Å². The van der Waals surface area contributed by atoms with E-state index in [4.69, 9.17) is 21.1 Å². The molecule has 1 heterocycles. The molecule has 1 N–H and O–H groups in total. The molecule has 1 aliphatic heterocycles. The van der Waals surface area contributed by atoms with Crippen LogP contribution in [0.25, 0.3) is 0 Å². The Morgan fingerprint density at radius 2 is 1.79 bits per heavy atom. The zero-order chi connectivity index (χ0) is 20.8. The quantitative estimate of drug-likeness (QED) is 0.749. The third kappa shape index (κ3) is 5.34. The first kappa shape index (κ1) is 21.3. The molecule has 0 saturated carbocycles. The Morgan fingerprint density at radius 3 is 2.45 bits per heavy atom. The van der Waals surface area contributed by atoms with Gasteiger partial charge >= 0.3 is 0 Å². The maximum Gasteiger partial charge on any atom is 0.237 e. The zero-order valence-electron chi connectivity index (χ0n) is 17.2. The van der Waals surface area contributed by atoms with E-state index >= 15 is 0 Å². The standard InChI is InChI=1S/C22H28ClN3O3/c1-16(22(27)24-15-17-7-8-20(28-2)21(13-17)29-3)25-9-11-26(12-10-25)19-6-4-5-18(23)14-19/h4-8,13-14,16H,9-12,15H2,1-3H3,(H,24,27)/t16-/m0/s1. The molecule has 29 heavy (non-hydrogen) atoms. The number of ether oxygens (including phenoxy) is 2. The first-order chi connectivity index (χ1) is 14.0. The molecule has 2 aromatic rings. The van der Waals surface area contributed by atoms with Crippen LogP contribution in [0, 0.1) is 0 Å². The minimum atomic E-state index is -0.184. The Hall–Kier alpha value is -2.44. The van der Waals surface area contributed by atoms with Crippen molar-refractivity contribution < 1.29 is 14.3 Å². The van der Waals surface area contributed by atoms with Gasteiger partial charge in [0.25, 0.3) is 0 Å². The van der Waals surface area contributed by atoms with E-state index in [-0.39, 0.29) is 11.9 Å². The van der Waals surface area contributed by atoms with Gasteiger partial charge in [-0.15, -0.1) is 0 Å². The third-order valence-corrected chi connectivity index (χ3v) is 5.56. The van der Waals surface area contributed by atoms with Crippen LogP contribution in [0.4, 0.5) is 5.69 Å². The fraction of sp³-hybridized carbons (Fsp3) is 0.409. The van der Waals surface area contributed by atoms with Gasteiger partial charge in [-0.05, 0) is 42.8 Å². The van der Waals surface area contributed by atoms with E-state index in [1.165, 1.54) is 0 Å². The topological polar surface area (TPSA) is 54.0 Å². The summed E-state index contributed by atoms with van der Waals surface area (Å²) < 4.78 is 10.6. The predicted octanol–water partition coefficient (Wildman–Crippen LogP) is 3.18. The summed E-state index contributed by atoms with van der Waals surface area (Å²) >= 11 is 6.10. The second-order valence-electron chi connectivity index (χ2n) is 7.09. The predicted molar refractivity (Wildman–Crippen MR) is 116 cm³/mol. The average Bonchev–Trinajstić information content (AvgIpc) is 2.76. The lowest BCUT2D eigenvalue weighted by Crippen LogP contribution is -2.53. The summed E-state index contributed by atoms with van der Waals surface area (Å²) in [5.74, 6) is 1.36. The number of anilines is 1. The van der Waals surface area contributed by atoms with Crippen LogP contribution in [0.5, 0.6) is 11.5 Å². The number of rotatable bonds is 7. The molecule has 0 unspecified atom stereocenters. The van der Waals surface area contributed by atoms with Gasteiger partial charge < -0.3 is 19.7 Å². The smallest absolute Gasteiger partial charge is 0.237 e. The van der Waals surface area contributed by atoms with E-state index in [0.29, 0.717) is 18.0 Å². The van der Waals surface area contributed by atoms with Crippen LogP contribution in [0.3, 0.4) is 0 Å². The molecule has 3 rings (SSSR count). The van der Waals surface area contributed by atoms with Crippen molar-refractivity contribution in [1.29, 1.82) is 0 Å². The fourth-order valence-corrected chi connectivity index (χ4v) is 3.72. The summed E-state index contributed by atoms with van der Waals surface area (Å²) in [6.07, 6.45) is 0. The highest BCUT2D eigenvalue weighted by atomic mass is 35.5. The van der Waals surface area contributed by atoms with Crippen LogP contribution < -0.4 is 19.7 Å². The SMILES string of the molecule is COc1ccc(CNC(=O)[C@H](C)N2CCN(c3cccc(Cl)c3)CC2)cc1OC. The number of carbonyl (C=O) groups is 1. The highest BCUT2D eigenvalue weighted by Crippen LogP contribution is 2.27. The van der Waals surface area contributed by atoms with Crippen molar-refractivity contribution in [2.45, 2.75) is 19.5 Å². The number of piperazine rings is 1. The van der Waals surface area contributed by atoms with E-state index < -0.39 is 0 Å². The van der Waals surface area contributed by atoms with Crippen LogP contribution >= 0.6 is 11.6 Å². The number of carbonyl (C=O) groups excluding carboxylic acids is 1. The molecule has 1 amide bonds. The molecule has 0 aliphatic carbocycles. The number of nitrogens with one attached hydrogen (secondary N) is 1. The highest BCUT2D eigenvalue weighted by Gasteiger charge is 2.25. The number of methoxy groups -OCH3 is 2. The van der Waals surface area contributed by atoms with Crippen molar-refractivity contribution >= 4 is 23.2 Å². The number of halogens is 1. The summed E-state index contributed by atoms with van der Waals surface area (Å²) in [4.78, 5) is 17.2. The first-order valence-corrected chi connectivity index (χ1v) is 10.1. The highest BCUT2D eigenvalue weighted by molar-refractivity contribution is 6.30. The molecule has 2 aromatic carbocycles. The second kappa shape index (κ2) is 9.85. The summed E-state index contributed by atoms with van der Waals surface area (Å²) in [6.45, 7) is 5.81. The van der Waals surface area contributed by atoms with Gasteiger partial charge in [-0.2, -0.15) is 0 Å². The average molecular weight is 418 g/mol. The lowest BCUT2D eigenvalue weighted by molar-refractivity contribution is -0.126. The van der Waals surface area contributed by atoms with Crippen LogP contribution in [0.2, 0.25) is 5.02 Å². The van der Waals surface area contributed by atoms with E-state index in [1.807, 2.05) is 43.3 Å². The van der Waals surface area contributed by atoms with Crippen molar-refractivity contribution in [3.05, 3.63) is 53.1 Å². The molecule has 1 aliphatic rings. The third-order valence-electron chi connectivity index (χ3n) is 5.33. The minimum absolute atomic E-state index is 0.0241. The van der Waals surface area contributed by atoms with Gasteiger partial charge in [0.1, 0.15) is 0 Å². The Balaban J connectivity index is 1.51. The summed E-state index contributed by atoms with van der Waals surface area (Å²) in [5.41, 5.74) is 2.09. The van der Waals surface area contributed by atoms with E-state index in [0.717, 1.165) is 42.5 Å². The minimum Gasteiger partial charge on any atom is -0.493 e. The van der Waals surface area contributed by atoms with Crippen molar-refractivity contribution in [3.8, 4) is 11.5 Å². The first-order valence-electron chi connectivity index (χ1n) is 9.75. The molecular weight excluding hydrogens is 390 g/mol. The molecule has 0 radical (unpaired) electrons. The van der Waals surface area contributed by atoms with Crippen LogP contribution in [-0.4, -0.2) is 57.2 Å². The number of amides is 1. The molecule has 1 saturated heterocycles. The molecule has 1 atom stereocenters. The maximum atomic E-state index is 12.6. The largest absolute Gasteiger partial charge is 0.493 e. The van der Waals surface area contributed by atoms with Gasteiger partial charge in [0, 0.05) is 43.4 Å². The van der Waals surface area contributed by atoms with Gasteiger partial charge in [-0.3, -0.25) is 9.69 Å². The Morgan fingerprint density at radius 1 is 1.07 bits per heavy atom. The summed E-state index contributed by atoms with van der Waals surface area (Å²) in [5, 5.41) is 3.77. The van der Waals surface area contributed by atoms with E-state index in [9.17, 15) is 4.79 Å². The van der Waals surface area contributed by atoms with Crippen LogP contribution in [-0.2, 0) is 11.3 Å². The Bertz CT molecular complexity index is 838. The van der Waals surface area contributed by atoms with Gasteiger partial charge in [0.15, 0.2) is 11.5 Å². The maximum absolute atomic E-state index is 12.6. The Kier molecular flexibility index (Phi) is 7.23. The number of benzene rings is 2. The van der Waals surface area contributed by atoms with Crippen LogP contribution in [0.1, 0.15) is 12.5 Å². The van der Waals surface area contributed by atoms with Crippen molar-refractivity contribution in [2.24, 2.45) is 0 Å². The molecular formula is C22H28ClN3O3. The van der Waals surface area contributed by atoms with Gasteiger partial charge in [0.2, 0.25) is 5.91 Å². The van der Waals surface area contributed by atoms with Crippen molar-refractivity contribution in [1.82, 2.24) is 10.2 Å². The second-order valence-corrected chi connectivity index (χ2v) is 7.52. The molecule has 0 bridgehead atoms. The summed E-state index contributed by atoms with van der Waals surface area (Å²) in [7, 11) is 3.21. The molecule has 156 valence electrons. The summed E-state index contributed by atoms with van der Waals surface area (Å²) in [6, 6.07) is 13.4. The Labute approximate surface area is 177 Å². The van der Waals surface area contributed by atoms with Gasteiger partial charge in [-0.25, -0.2) is 0 Å². The van der Waals surface area contributed by atoms with Crippen molar-refractivity contribution in [3.63, 3.8) is 0 Å². The normalized spacial score (nSPS) is 15.7. The monoisotopic (exact) mass is 417 g/mol. The van der Waals surface area contributed by atoms with E-state index in [1.54, 1.807) is 14.2 Å². The van der Waals surface area contributed by atoms with Gasteiger partial charge in [0.05, 0.1) is 20.3 Å². The van der Waals surface area contributed by atoms with E-state index in [2.05, 4.69) is 21.2 Å². The number of hydrogen-bond acceptors (Lipinski definition) is 5. The fourth-order valence-electron chi connectivity index (χ4n) is 3.53. The number of hydrogen-bond donors (Lipinski definition) is 1. The molecule has 7 heteroatoms. The molecule has 6 nitrogen and oxygen atoms in total. The zero-order valence-corrected chi connectivity index (χ0v) is 17.9. The lowest BCUT2D eigenvalue weighted by Gasteiger charge is -2.38.